The van der Waals surface area contributed by atoms with Crippen LogP contribution in [0.25, 0.3) is 0 Å². The zero-order chi connectivity index (χ0) is 10.8. The second-order valence-electron chi connectivity index (χ2n) is 3.04. The number of carbonyl (C=O) groups is 2. The van der Waals surface area contributed by atoms with E-state index in [1.807, 2.05) is 6.92 Å². The zero-order valence-electron chi connectivity index (χ0n) is 7.98. The van der Waals surface area contributed by atoms with Crippen molar-refractivity contribution in [2.24, 2.45) is 0 Å². The van der Waals surface area contributed by atoms with Crippen LogP contribution in [-0.4, -0.2) is 11.9 Å². The van der Waals surface area contributed by atoms with Gasteiger partial charge in [-0.3, -0.25) is 9.78 Å². The van der Waals surface area contributed by atoms with Gasteiger partial charge in [0.15, 0.2) is 0 Å². The molecule has 2 rings (SSSR count). The lowest BCUT2D eigenvalue weighted by molar-refractivity contribution is -0.444. The highest BCUT2D eigenvalue weighted by atomic mass is 17.5. The van der Waals surface area contributed by atoms with Gasteiger partial charge in [-0.15, -0.1) is 0 Å². The van der Waals surface area contributed by atoms with Gasteiger partial charge >= 0.3 is 11.9 Å². The van der Waals surface area contributed by atoms with Gasteiger partial charge in [-0.25, -0.2) is 9.59 Å². The Balaban J connectivity index is 2.55. The number of hydrogen-bond donors (Lipinski definition) is 0. The van der Waals surface area contributed by atoms with E-state index in [1.165, 1.54) is 6.07 Å². The van der Waals surface area contributed by atoms with E-state index < -0.39 is 11.9 Å². The highest BCUT2D eigenvalue weighted by molar-refractivity contribution is 6.03. The molecule has 1 aliphatic rings. The number of carbonyl (C=O) groups excluding carboxylic acids is 2. The van der Waals surface area contributed by atoms with Crippen molar-refractivity contribution < 1.29 is 24.4 Å². The van der Waals surface area contributed by atoms with Crippen LogP contribution >= 0.6 is 0 Å². The van der Waals surface area contributed by atoms with E-state index in [1.54, 1.807) is 12.1 Å². The Kier molecular flexibility index (Phi) is 2.39. The molecule has 78 valence electrons. The van der Waals surface area contributed by atoms with Crippen LogP contribution in [-0.2, 0) is 21.2 Å². The zero-order valence-corrected chi connectivity index (χ0v) is 7.98. The lowest BCUT2D eigenvalue weighted by Crippen LogP contribution is -2.06. The fourth-order valence-corrected chi connectivity index (χ4v) is 1.33. The van der Waals surface area contributed by atoms with Gasteiger partial charge in [0.05, 0.1) is 11.1 Å². The van der Waals surface area contributed by atoms with Crippen molar-refractivity contribution in [3.8, 4) is 0 Å². The number of rotatable bonds is 1. The minimum Gasteiger partial charge on any atom is -0.254 e. The lowest BCUT2D eigenvalue weighted by Gasteiger charge is -2.01. The summed E-state index contributed by atoms with van der Waals surface area (Å²) in [5.41, 5.74) is 1.24. The Morgan fingerprint density at radius 2 is 1.73 bits per heavy atom. The summed E-state index contributed by atoms with van der Waals surface area (Å²) in [6.07, 6.45) is 0.760. The molecule has 0 aromatic heterocycles. The normalized spacial score (nSPS) is 15.0. The third kappa shape index (κ3) is 1.69. The molecule has 0 unspecified atom stereocenters. The smallest absolute Gasteiger partial charge is 0.254 e. The summed E-state index contributed by atoms with van der Waals surface area (Å²) in [5.74, 6) is -1.47. The van der Waals surface area contributed by atoms with Crippen LogP contribution in [0.4, 0.5) is 0 Å². The minimum atomic E-state index is -0.737. The largest absolute Gasteiger partial charge is 0.378 e. The van der Waals surface area contributed by atoms with E-state index in [4.69, 9.17) is 0 Å². The van der Waals surface area contributed by atoms with Gasteiger partial charge in [-0.05, 0) is 24.1 Å². The summed E-state index contributed by atoms with van der Waals surface area (Å²) < 4.78 is 0. The van der Waals surface area contributed by atoms with Gasteiger partial charge < -0.3 is 0 Å². The molecule has 0 saturated heterocycles. The molecule has 5 nitrogen and oxygen atoms in total. The third-order valence-corrected chi connectivity index (χ3v) is 2.15. The number of aryl methyl sites for hydroxylation is 1. The van der Waals surface area contributed by atoms with Crippen LogP contribution in [0.1, 0.15) is 33.2 Å². The molecule has 0 saturated carbocycles. The molecular formula is C10H8O5. The minimum absolute atomic E-state index is 0.148. The molecule has 0 atom stereocenters. The molecule has 15 heavy (non-hydrogen) atoms. The van der Waals surface area contributed by atoms with Crippen LogP contribution in [0.15, 0.2) is 18.2 Å². The summed E-state index contributed by atoms with van der Waals surface area (Å²) in [5, 5.41) is 3.98. The Morgan fingerprint density at radius 3 is 2.40 bits per heavy atom. The van der Waals surface area contributed by atoms with Crippen LogP contribution in [0.5, 0.6) is 0 Å². The molecule has 0 radical (unpaired) electrons. The van der Waals surface area contributed by atoms with Crippen LogP contribution < -0.4 is 0 Å². The topological polar surface area (TPSA) is 61.8 Å². The van der Waals surface area contributed by atoms with Crippen molar-refractivity contribution in [3.05, 3.63) is 34.9 Å². The van der Waals surface area contributed by atoms with Gasteiger partial charge in [0, 0.05) is 5.04 Å². The van der Waals surface area contributed by atoms with Crippen molar-refractivity contribution in [2.75, 3.05) is 0 Å². The molecule has 0 spiro atoms. The van der Waals surface area contributed by atoms with Gasteiger partial charge in [0.2, 0.25) is 0 Å². The summed E-state index contributed by atoms with van der Waals surface area (Å²) in [7, 11) is 0. The maximum atomic E-state index is 11.3. The Hall–Kier alpha value is -1.88. The van der Waals surface area contributed by atoms with E-state index in [9.17, 15) is 9.59 Å². The quantitative estimate of drug-likeness (QED) is 0.653. The van der Waals surface area contributed by atoms with Crippen molar-refractivity contribution in [1.82, 2.24) is 0 Å². The molecule has 1 heterocycles. The van der Waals surface area contributed by atoms with Crippen molar-refractivity contribution in [3.63, 3.8) is 0 Å². The van der Waals surface area contributed by atoms with Gasteiger partial charge in [0.1, 0.15) is 0 Å². The van der Waals surface area contributed by atoms with Crippen molar-refractivity contribution >= 4 is 11.9 Å². The number of fused-ring (bicyclic) bond motifs is 1. The summed E-state index contributed by atoms with van der Waals surface area (Å²) in [6, 6.07) is 4.86. The first-order valence-corrected chi connectivity index (χ1v) is 4.45. The van der Waals surface area contributed by atoms with E-state index in [2.05, 4.69) is 14.8 Å². The average Bonchev–Trinajstić information content (AvgIpc) is 2.40. The second-order valence-corrected chi connectivity index (χ2v) is 3.04. The second kappa shape index (κ2) is 3.70. The lowest BCUT2D eigenvalue weighted by atomic mass is 10.0. The molecular weight excluding hydrogens is 200 g/mol. The molecule has 1 aromatic rings. The van der Waals surface area contributed by atoms with E-state index in [0.717, 1.165) is 12.0 Å². The fourth-order valence-electron chi connectivity index (χ4n) is 1.33. The number of benzene rings is 1. The first kappa shape index (κ1) is 9.67. The Labute approximate surface area is 85.4 Å². The number of hydrogen-bond acceptors (Lipinski definition) is 5. The summed E-state index contributed by atoms with van der Waals surface area (Å²) in [4.78, 5) is 31.0. The summed E-state index contributed by atoms with van der Waals surface area (Å²) >= 11 is 0. The Bertz CT molecular complexity index is 424. The van der Waals surface area contributed by atoms with Crippen molar-refractivity contribution in [1.29, 1.82) is 0 Å². The van der Waals surface area contributed by atoms with Crippen LogP contribution in [0.3, 0.4) is 0 Å². The van der Waals surface area contributed by atoms with E-state index in [-0.39, 0.29) is 11.1 Å². The first-order valence-electron chi connectivity index (χ1n) is 4.45. The third-order valence-electron chi connectivity index (χ3n) is 2.15. The molecule has 0 amide bonds. The molecule has 0 fully saturated rings. The summed E-state index contributed by atoms with van der Waals surface area (Å²) in [6.45, 7) is 1.94. The van der Waals surface area contributed by atoms with E-state index >= 15 is 0 Å². The van der Waals surface area contributed by atoms with Gasteiger partial charge in [-0.2, -0.15) is 0 Å². The highest BCUT2D eigenvalue weighted by Gasteiger charge is 2.25. The Morgan fingerprint density at radius 1 is 1.07 bits per heavy atom. The van der Waals surface area contributed by atoms with Gasteiger partial charge in [0.25, 0.3) is 0 Å². The van der Waals surface area contributed by atoms with Crippen LogP contribution in [0, 0.1) is 0 Å². The van der Waals surface area contributed by atoms with E-state index in [0.29, 0.717) is 0 Å². The molecule has 0 aliphatic carbocycles. The maximum Gasteiger partial charge on any atom is 0.378 e. The predicted molar refractivity (Wildman–Crippen MR) is 47.7 cm³/mol. The average molecular weight is 208 g/mol. The van der Waals surface area contributed by atoms with Gasteiger partial charge in [-0.1, -0.05) is 13.0 Å². The standard InChI is InChI=1S/C10H8O5/c1-2-6-3-4-7-8(5-6)10(12)14-15-13-9(7)11/h3-5H,2H2,1H3. The molecule has 0 N–H and O–H groups in total. The highest BCUT2D eigenvalue weighted by Crippen LogP contribution is 2.18. The molecule has 1 aliphatic heterocycles. The predicted octanol–water partition coefficient (Wildman–Crippen LogP) is 1.42. The SMILES string of the molecule is CCc1ccc2c(c1)C(=O)OOOC2=O. The fraction of sp³-hybridized carbons (Fsp3) is 0.200. The van der Waals surface area contributed by atoms with Crippen molar-refractivity contribution in [2.45, 2.75) is 13.3 Å². The maximum absolute atomic E-state index is 11.3. The molecule has 5 heteroatoms. The molecule has 0 bridgehead atoms. The monoisotopic (exact) mass is 208 g/mol. The first-order chi connectivity index (χ1) is 7.22. The van der Waals surface area contributed by atoms with Crippen LogP contribution in [0.2, 0.25) is 0 Å². The molecule has 1 aromatic carbocycles.